The molecule has 1 aliphatic carbocycles. The third-order valence-corrected chi connectivity index (χ3v) is 10.7. The van der Waals surface area contributed by atoms with Gasteiger partial charge in [-0.1, -0.05) is 160 Å². The van der Waals surface area contributed by atoms with E-state index in [1.807, 2.05) is 0 Å². The third-order valence-electron chi connectivity index (χ3n) is 10.7. The van der Waals surface area contributed by atoms with Crippen LogP contribution in [0.2, 0.25) is 0 Å². The Labute approximate surface area is 305 Å². The van der Waals surface area contributed by atoms with Crippen molar-refractivity contribution in [3.05, 3.63) is 191 Å². The molecule has 2 N–H and O–H groups in total. The fraction of sp³-hybridized carbons (Fsp3) is 0.200. The molecule has 254 valence electrons. The molecule has 0 fully saturated rings. The van der Waals surface area contributed by atoms with Gasteiger partial charge in [-0.05, 0) is 129 Å². The Kier molecular flexibility index (Phi) is 10.2. The Hall–Kier alpha value is -5.40. The zero-order chi connectivity index (χ0) is 35.2. The predicted octanol–water partition coefficient (Wildman–Crippen LogP) is 13.1. The number of hydrogen-bond acceptors (Lipinski definition) is 1. The van der Waals surface area contributed by atoms with E-state index in [0.29, 0.717) is 0 Å². The number of fused-ring (bicyclic) bond motifs is 3. The minimum Gasteiger partial charge on any atom is -0.398 e. The van der Waals surface area contributed by atoms with Crippen molar-refractivity contribution in [3.63, 3.8) is 0 Å². The van der Waals surface area contributed by atoms with Crippen LogP contribution in [0, 0.1) is 0 Å². The molecule has 0 aliphatic heterocycles. The van der Waals surface area contributed by atoms with Crippen molar-refractivity contribution in [2.45, 2.75) is 64.7 Å². The van der Waals surface area contributed by atoms with Gasteiger partial charge < -0.3 is 5.73 Å². The molecule has 1 nitrogen and oxygen atoms in total. The lowest BCUT2D eigenvalue weighted by Gasteiger charge is -2.22. The van der Waals surface area contributed by atoms with E-state index in [9.17, 15) is 0 Å². The van der Waals surface area contributed by atoms with Crippen LogP contribution in [0.5, 0.6) is 0 Å². The standard InChI is InChI=1S/C50H49N/c1-36(28-31-49(51)44-29-30-46-45-26-11-12-27-47(45)50(2,3)48(46)35-44)39-21-14-23-41(33-39)43-25-15-24-42(34-43)40-22-13-20-38(32-40)19-8-5-4-7-16-37-17-9-6-10-18-37/h6,9-15,17-18,20-35H,4-5,7-8,16,19,51H2,1-3H3/b36-28+,49-31-. The van der Waals surface area contributed by atoms with Gasteiger partial charge in [0.05, 0.1) is 0 Å². The van der Waals surface area contributed by atoms with Crippen molar-refractivity contribution < 1.29 is 0 Å². The summed E-state index contributed by atoms with van der Waals surface area (Å²) in [6.07, 6.45) is 11.6. The number of unbranched alkanes of at least 4 members (excludes halogenated alkanes) is 3. The lowest BCUT2D eigenvalue weighted by molar-refractivity contribution is 0.640. The van der Waals surface area contributed by atoms with E-state index in [4.69, 9.17) is 5.73 Å². The highest BCUT2D eigenvalue weighted by Gasteiger charge is 2.35. The molecule has 0 unspecified atom stereocenters. The molecule has 6 aromatic carbocycles. The average molecular weight is 664 g/mol. The molecule has 0 heterocycles. The normalized spacial score (nSPS) is 13.5. The van der Waals surface area contributed by atoms with E-state index in [-0.39, 0.29) is 5.41 Å². The summed E-state index contributed by atoms with van der Waals surface area (Å²) < 4.78 is 0. The van der Waals surface area contributed by atoms with E-state index in [1.165, 1.54) is 98.9 Å². The Bertz CT molecular complexity index is 2200. The van der Waals surface area contributed by atoms with Crippen LogP contribution in [0.3, 0.4) is 0 Å². The van der Waals surface area contributed by atoms with Crippen LogP contribution < -0.4 is 5.73 Å². The molecule has 0 amide bonds. The summed E-state index contributed by atoms with van der Waals surface area (Å²) in [5.41, 5.74) is 24.1. The highest BCUT2D eigenvalue weighted by atomic mass is 14.6. The molecule has 1 heteroatoms. The monoisotopic (exact) mass is 663 g/mol. The lowest BCUT2D eigenvalue weighted by atomic mass is 9.82. The van der Waals surface area contributed by atoms with Crippen molar-refractivity contribution in [3.8, 4) is 33.4 Å². The van der Waals surface area contributed by atoms with Gasteiger partial charge in [0.15, 0.2) is 0 Å². The maximum atomic E-state index is 6.70. The molecule has 7 rings (SSSR count). The van der Waals surface area contributed by atoms with Crippen molar-refractivity contribution in [2.75, 3.05) is 0 Å². The molecular weight excluding hydrogens is 615 g/mol. The Morgan fingerprint density at radius 2 is 1.08 bits per heavy atom. The number of benzene rings is 6. The summed E-state index contributed by atoms with van der Waals surface area (Å²) in [6, 6.07) is 53.2. The van der Waals surface area contributed by atoms with Crippen molar-refractivity contribution in [2.24, 2.45) is 5.73 Å². The van der Waals surface area contributed by atoms with Gasteiger partial charge in [0, 0.05) is 11.1 Å². The molecule has 0 atom stereocenters. The molecular formula is C50H49N. The highest BCUT2D eigenvalue weighted by Crippen LogP contribution is 2.49. The van der Waals surface area contributed by atoms with Crippen LogP contribution in [-0.4, -0.2) is 0 Å². The van der Waals surface area contributed by atoms with E-state index >= 15 is 0 Å². The highest BCUT2D eigenvalue weighted by molar-refractivity contribution is 5.83. The molecule has 0 radical (unpaired) electrons. The van der Waals surface area contributed by atoms with Gasteiger partial charge >= 0.3 is 0 Å². The van der Waals surface area contributed by atoms with Gasteiger partial charge in [-0.3, -0.25) is 0 Å². The van der Waals surface area contributed by atoms with Gasteiger partial charge in [-0.15, -0.1) is 0 Å². The summed E-state index contributed by atoms with van der Waals surface area (Å²) >= 11 is 0. The topological polar surface area (TPSA) is 26.0 Å². The number of allylic oxidation sites excluding steroid dienone is 3. The second kappa shape index (κ2) is 15.2. The SMILES string of the molecule is C/C(=C\C=C(/N)c1ccc2c(c1)C(C)(C)c1ccccc1-2)c1cccc(-c2cccc(-c3cccc(CCCCCCc4ccccc4)c3)c2)c1. The van der Waals surface area contributed by atoms with Crippen LogP contribution in [-0.2, 0) is 18.3 Å². The van der Waals surface area contributed by atoms with Crippen molar-refractivity contribution in [1.82, 2.24) is 0 Å². The minimum atomic E-state index is -0.0444. The third kappa shape index (κ3) is 7.69. The van der Waals surface area contributed by atoms with Gasteiger partial charge in [0.2, 0.25) is 0 Å². The first kappa shape index (κ1) is 34.1. The Balaban J connectivity index is 1.01. The quantitative estimate of drug-likeness (QED) is 0.102. The van der Waals surface area contributed by atoms with E-state index in [0.717, 1.165) is 17.7 Å². The smallest absolute Gasteiger partial charge is 0.0387 e. The second-order valence-corrected chi connectivity index (χ2v) is 14.7. The summed E-state index contributed by atoms with van der Waals surface area (Å²) in [5, 5.41) is 0. The maximum absolute atomic E-state index is 6.70. The number of rotatable bonds is 12. The number of hydrogen-bond donors (Lipinski definition) is 1. The fourth-order valence-electron chi connectivity index (χ4n) is 7.68. The zero-order valence-corrected chi connectivity index (χ0v) is 30.3. The first-order chi connectivity index (χ1) is 24.9. The summed E-state index contributed by atoms with van der Waals surface area (Å²) in [6.45, 7) is 6.78. The van der Waals surface area contributed by atoms with Crippen molar-refractivity contribution in [1.29, 1.82) is 0 Å². The fourth-order valence-corrected chi connectivity index (χ4v) is 7.68. The molecule has 0 aromatic heterocycles. The first-order valence-electron chi connectivity index (χ1n) is 18.6. The summed E-state index contributed by atoms with van der Waals surface area (Å²) in [5.74, 6) is 0. The molecule has 6 aromatic rings. The first-order valence-corrected chi connectivity index (χ1v) is 18.6. The molecule has 0 spiro atoms. The Morgan fingerprint density at radius 3 is 1.84 bits per heavy atom. The molecule has 1 aliphatic rings. The molecule has 0 saturated carbocycles. The van der Waals surface area contributed by atoms with Crippen LogP contribution in [0.4, 0.5) is 0 Å². The van der Waals surface area contributed by atoms with Crippen LogP contribution in [0.15, 0.2) is 158 Å². The van der Waals surface area contributed by atoms with Crippen LogP contribution in [0.25, 0.3) is 44.7 Å². The van der Waals surface area contributed by atoms with E-state index in [1.54, 1.807) is 0 Å². The van der Waals surface area contributed by atoms with Gasteiger partial charge in [-0.2, -0.15) is 0 Å². The second-order valence-electron chi connectivity index (χ2n) is 14.7. The van der Waals surface area contributed by atoms with Crippen LogP contribution in [0.1, 0.15) is 79.8 Å². The zero-order valence-electron chi connectivity index (χ0n) is 30.3. The number of nitrogens with two attached hydrogens (primary N) is 1. The Morgan fingerprint density at radius 1 is 0.490 bits per heavy atom. The largest absolute Gasteiger partial charge is 0.398 e. The minimum absolute atomic E-state index is 0.0444. The maximum Gasteiger partial charge on any atom is 0.0387 e. The van der Waals surface area contributed by atoms with Crippen molar-refractivity contribution >= 4 is 11.3 Å². The van der Waals surface area contributed by atoms with E-state index < -0.39 is 0 Å². The van der Waals surface area contributed by atoms with E-state index in [2.05, 4.69) is 179 Å². The molecule has 0 saturated heterocycles. The summed E-state index contributed by atoms with van der Waals surface area (Å²) in [7, 11) is 0. The average Bonchev–Trinajstić information content (AvgIpc) is 3.41. The molecule has 0 bridgehead atoms. The van der Waals surface area contributed by atoms with Gasteiger partial charge in [0.1, 0.15) is 0 Å². The van der Waals surface area contributed by atoms with Gasteiger partial charge in [-0.25, -0.2) is 0 Å². The lowest BCUT2D eigenvalue weighted by Crippen LogP contribution is -2.15. The molecule has 51 heavy (non-hydrogen) atoms. The predicted molar refractivity (Wildman–Crippen MR) is 219 cm³/mol. The van der Waals surface area contributed by atoms with Gasteiger partial charge in [0.25, 0.3) is 0 Å². The summed E-state index contributed by atoms with van der Waals surface area (Å²) in [4.78, 5) is 0. The van der Waals surface area contributed by atoms with Crippen LogP contribution >= 0.6 is 0 Å². The number of aryl methyl sites for hydroxylation is 2.